The lowest BCUT2D eigenvalue weighted by molar-refractivity contribution is 0.698. The highest BCUT2D eigenvalue weighted by atomic mass is 16.1. The van der Waals surface area contributed by atoms with Crippen LogP contribution >= 0.6 is 0 Å². The van der Waals surface area contributed by atoms with Crippen LogP contribution in [0.5, 0.6) is 0 Å². The second-order valence-electron chi connectivity index (χ2n) is 4.08. The van der Waals surface area contributed by atoms with Crippen molar-refractivity contribution in [2.45, 2.75) is 6.54 Å². The number of benzene rings is 1. The third-order valence-corrected chi connectivity index (χ3v) is 2.77. The molecule has 94 valence electrons. The number of aromatic amines is 1. The average Bonchev–Trinajstić information content (AvgIpc) is 2.42. The number of nitrogens with zero attached hydrogens (tertiary/aromatic N) is 3. The van der Waals surface area contributed by atoms with E-state index in [9.17, 15) is 9.59 Å². The molecule has 3 rings (SSSR count). The number of fused-ring (bicyclic) bond motifs is 1. The van der Waals surface area contributed by atoms with Crippen LogP contribution in [0, 0.1) is 0 Å². The second-order valence-corrected chi connectivity index (χ2v) is 4.08. The Morgan fingerprint density at radius 2 is 2.00 bits per heavy atom. The molecule has 6 nitrogen and oxygen atoms in total. The Hall–Kier alpha value is -2.76. The first-order chi connectivity index (χ1) is 9.24. The first kappa shape index (κ1) is 11.3. The summed E-state index contributed by atoms with van der Waals surface area (Å²) < 4.78 is 1.38. The van der Waals surface area contributed by atoms with Crippen molar-refractivity contribution in [3.05, 3.63) is 69.4 Å². The molecule has 0 aliphatic carbocycles. The van der Waals surface area contributed by atoms with Crippen LogP contribution in [0.1, 0.15) is 5.82 Å². The summed E-state index contributed by atoms with van der Waals surface area (Å²) in [7, 11) is 0. The van der Waals surface area contributed by atoms with Gasteiger partial charge in [0, 0.05) is 12.3 Å². The molecule has 0 saturated heterocycles. The van der Waals surface area contributed by atoms with Crippen molar-refractivity contribution in [2.75, 3.05) is 0 Å². The molecule has 0 bridgehead atoms. The first-order valence-electron chi connectivity index (χ1n) is 5.72. The molecule has 0 saturated carbocycles. The van der Waals surface area contributed by atoms with E-state index in [0.29, 0.717) is 16.7 Å². The predicted octanol–water partition coefficient (Wildman–Crippen LogP) is 0.528. The summed E-state index contributed by atoms with van der Waals surface area (Å²) >= 11 is 0. The van der Waals surface area contributed by atoms with Gasteiger partial charge in [0.1, 0.15) is 5.82 Å². The Labute approximate surface area is 107 Å². The number of H-pyrrole nitrogens is 1. The summed E-state index contributed by atoms with van der Waals surface area (Å²) in [6, 6.07) is 8.43. The van der Waals surface area contributed by atoms with Crippen LogP contribution in [0.25, 0.3) is 10.9 Å². The summed E-state index contributed by atoms with van der Waals surface area (Å²) in [5.41, 5.74) is 0.210. The summed E-state index contributed by atoms with van der Waals surface area (Å²) in [4.78, 5) is 34.3. The molecule has 0 amide bonds. The first-order valence-corrected chi connectivity index (χ1v) is 5.72. The van der Waals surface area contributed by atoms with Crippen LogP contribution in [0.2, 0.25) is 0 Å². The molecule has 0 unspecified atom stereocenters. The Balaban J connectivity index is 2.10. The number of rotatable bonds is 2. The molecule has 0 aliphatic rings. The van der Waals surface area contributed by atoms with Crippen LogP contribution < -0.4 is 11.1 Å². The van der Waals surface area contributed by atoms with Crippen molar-refractivity contribution in [1.29, 1.82) is 0 Å². The van der Waals surface area contributed by atoms with Gasteiger partial charge in [0.2, 0.25) is 0 Å². The molecule has 0 radical (unpaired) electrons. The summed E-state index contributed by atoms with van der Waals surface area (Å²) in [5.74, 6) is 0.429. The molecule has 0 fully saturated rings. The van der Waals surface area contributed by atoms with Gasteiger partial charge in [0.05, 0.1) is 23.8 Å². The molecule has 3 aromatic rings. The number of para-hydroxylation sites is 1. The van der Waals surface area contributed by atoms with E-state index in [1.165, 1.54) is 23.2 Å². The maximum atomic E-state index is 11.9. The maximum absolute atomic E-state index is 11.9. The van der Waals surface area contributed by atoms with Crippen LogP contribution in [0.4, 0.5) is 0 Å². The molecule has 6 heteroatoms. The van der Waals surface area contributed by atoms with E-state index in [1.54, 1.807) is 18.2 Å². The zero-order valence-corrected chi connectivity index (χ0v) is 9.91. The third kappa shape index (κ3) is 2.15. The summed E-state index contributed by atoms with van der Waals surface area (Å²) in [5, 5.41) is 0.532. The quantitative estimate of drug-likeness (QED) is 0.723. The SMILES string of the molecule is O=c1[nH]c(Cn2cnccc2=O)nc2ccccc12. The normalized spacial score (nSPS) is 10.7. The van der Waals surface area contributed by atoms with Gasteiger partial charge in [-0.2, -0.15) is 0 Å². The minimum atomic E-state index is -0.211. The molecule has 0 spiro atoms. The predicted molar refractivity (Wildman–Crippen MR) is 70.0 cm³/mol. The fourth-order valence-electron chi connectivity index (χ4n) is 1.87. The number of nitrogens with one attached hydrogen (secondary N) is 1. The van der Waals surface area contributed by atoms with E-state index < -0.39 is 0 Å². The van der Waals surface area contributed by atoms with Gasteiger partial charge in [-0.05, 0) is 12.1 Å². The minimum Gasteiger partial charge on any atom is -0.308 e. The van der Waals surface area contributed by atoms with E-state index in [-0.39, 0.29) is 17.7 Å². The Morgan fingerprint density at radius 3 is 2.84 bits per heavy atom. The van der Waals surface area contributed by atoms with Gasteiger partial charge in [-0.25, -0.2) is 9.97 Å². The fraction of sp³-hybridized carbons (Fsp3) is 0.0769. The lowest BCUT2D eigenvalue weighted by atomic mass is 10.2. The zero-order valence-electron chi connectivity index (χ0n) is 9.91. The van der Waals surface area contributed by atoms with Gasteiger partial charge in [0.15, 0.2) is 0 Å². The lowest BCUT2D eigenvalue weighted by Crippen LogP contribution is -2.22. The standard InChI is InChI=1S/C13H10N4O2/c18-12-5-6-14-8-17(12)7-11-15-10-4-2-1-3-9(10)13(19)16-11/h1-6,8H,7H2,(H,15,16,19). The largest absolute Gasteiger partial charge is 0.308 e. The molecule has 0 aliphatic heterocycles. The smallest absolute Gasteiger partial charge is 0.258 e. The highest BCUT2D eigenvalue weighted by molar-refractivity contribution is 5.77. The summed E-state index contributed by atoms with van der Waals surface area (Å²) in [6.07, 6.45) is 2.84. The lowest BCUT2D eigenvalue weighted by Gasteiger charge is -2.04. The minimum absolute atomic E-state index is 0.187. The molecular weight excluding hydrogens is 244 g/mol. The molecule has 2 aromatic heterocycles. The Bertz CT molecular complexity index is 851. The highest BCUT2D eigenvalue weighted by Crippen LogP contribution is 2.05. The molecule has 2 heterocycles. The van der Waals surface area contributed by atoms with Crippen molar-refractivity contribution >= 4 is 10.9 Å². The van der Waals surface area contributed by atoms with E-state index in [4.69, 9.17) is 0 Å². The van der Waals surface area contributed by atoms with Gasteiger partial charge in [-0.15, -0.1) is 0 Å². The molecule has 1 aromatic carbocycles. The second kappa shape index (κ2) is 4.49. The zero-order chi connectivity index (χ0) is 13.2. The van der Waals surface area contributed by atoms with Crippen LogP contribution in [0.3, 0.4) is 0 Å². The van der Waals surface area contributed by atoms with Crippen LogP contribution in [-0.4, -0.2) is 19.5 Å². The van der Waals surface area contributed by atoms with E-state index >= 15 is 0 Å². The van der Waals surface area contributed by atoms with Crippen molar-refractivity contribution < 1.29 is 0 Å². The van der Waals surface area contributed by atoms with Crippen molar-refractivity contribution in [1.82, 2.24) is 19.5 Å². The van der Waals surface area contributed by atoms with Crippen molar-refractivity contribution in [2.24, 2.45) is 0 Å². The maximum Gasteiger partial charge on any atom is 0.258 e. The van der Waals surface area contributed by atoms with Crippen LogP contribution in [-0.2, 0) is 6.54 Å². The van der Waals surface area contributed by atoms with E-state index in [1.807, 2.05) is 6.07 Å². The molecule has 19 heavy (non-hydrogen) atoms. The summed E-state index contributed by atoms with van der Waals surface area (Å²) in [6.45, 7) is 0.187. The molecular formula is C13H10N4O2. The fourth-order valence-corrected chi connectivity index (χ4v) is 1.87. The monoisotopic (exact) mass is 254 g/mol. The number of aromatic nitrogens is 4. The van der Waals surface area contributed by atoms with Gasteiger partial charge in [0.25, 0.3) is 11.1 Å². The Morgan fingerprint density at radius 1 is 1.16 bits per heavy atom. The van der Waals surface area contributed by atoms with Crippen molar-refractivity contribution in [3.8, 4) is 0 Å². The van der Waals surface area contributed by atoms with Crippen molar-refractivity contribution in [3.63, 3.8) is 0 Å². The molecule has 1 N–H and O–H groups in total. The third-order valence-electron chi connectivity index (χ3n) is 2.77. The van der Waals surface area contributed by atoms with E-state index in [2.05, 4.69) is 15.0 Å². The van der Waals surface area contributed by atoms with Gasteiger partial charge in [-0.1, -0.05) is 12.1 Å². The molecule has 0 atom stereocenters. The number of hydrogen-bond acceptors (Lipinski definition) is 4. The van der Waals surface area contributed by atoms with Gasteiger partial charge < -0.3 is 4.98 Å². The van der Waals surface area contributed by atoms with Gasteiger partial charge in [-0.3, -0.25) is 14.2 Å². The van der Waals surface area contributed by atoms with Gasteiger partial charge >= 0.3 is 0 Å². The van der Waals surface area contributed by atoms with E-state index in [0.717, 1.165) is 0 Å². The topological polar surface area (TPSA) is 80.6 Å². The number of hydrogen-bond donors (Lipinski definition) is 1. The van der Waals surface area contributed by atoms with Crippen LogP contribution in [0.15, 0.2) is 52.4 Å². The average molecular weight is 254 g/mol. The highest BCUT2D eigenvalue weighted by Gasteiger charge is 2.04. The Kier molecular flexibility index (Phi) is 2.68.